The summed E-state index contributed by atoms with van der Waals surface area (Å²) in [7, 11) is 0. The molecule has 0 spiro atoms. The molecule has 0 unspecified atom stereocenters. The maximum atomic E-state index is 5.30. The zero-order valence-corrected chi connectivity index (χ0v) is 12.0. The highest BCUT2D eigenvalue weighted by Crippen LogP contribution is 2.26. The first-order valence-electron chi connectivity index (χ1n) is 6.81. The Morgan fingerprint density at radius 2 is 1.33 bits per heavy atom. The van der Waals surface area contributed by atoms with Gasteiger partial charge in [-0.3, -0.25) is 9.78 Å². The zero-order valence-electron chi connectivity index (χ0n) is 12.0. The van der Waals surface area contributed by atoms with E-state index in [-0.39, 0.29) is 0 Å². The molecule has 0 N–H and O–H groups in total. The second-order valence-electron chi connectivity index (χ2n) is 4.91. The van der Waals surface area contributed by atoms with Crippen LogP contribution in [-0.2, 0) is 5.04 Å². The van der Waals surface area contributed by atoms with Gasteiger partial charge in [0.05, 0.1) is 0 Å². The van der Waals surface area contributed by atoms with Gasteiger partial charge in [-0.2, -0.15) is 0 Å². The van der Waals surface area contributed by atoms with Crippen molar-refractivity contribution in [3.8, 4) is 11.5 Å². The normalized spacial score (nSPS) is 10.6. The van der Waals surface area contributed by atoms with Gasteiger partial charge in [-0.05, 0) is 42.5 Å². The number of rotatable bonds is 4. The van der Waals surface area contributed by atoms with Crippen molar-refractivity contribution in [2.75, 3.05) is 0 Å². The van der Waals surface area contributed by atoms with Crippen LogP contribution in [-0.4, -0.2) is 0 Å². The van der Waals surface area contributed by atoms with Crippen molar-refractivity contribution in [2.24, 2.45) is 0 Å². The molecule has 0 aliphatic heterocycles. The van der Waals surface area contributed by atoms with Crippen molar-refractivity contribution in [3.63, 3.8) is 0 Å². The van der Waals surface area contributed by atoms with Crippen LogP contribution in [0.15, 0.2) is 60.7 Å². The van der Waals surface area contributed by atoms with Crippen LogP contribution in [0.5, 0.6) is 11.5 Å². The van der Waals surface area contributed by atoms with Crippen LogP contribution in [0.4, 0.5) is 0 Å². The molecule has 0 aliphatic carbocycles. The molecule has 21 heavy (non-hydrogen) atoms. The minimum Gasteiger partial charge on any atom is -0.299 e. The molecule has 0 aliphatic rings. The van der Waals surface area contributed by atoms with Crippen molar-refractivity contribution in [1.29, 1.82) is 0 Å². The summed E-state index contributed by atoms with van der Waals surface area (Å²) in [5.41, 5.74) is 2.17. The molecule has 0 amide bonds. The van der Waals surface area contributed by atoms with Gasteiger partial charge in [0.15, 0.2) is 11.5 Å². The van der Waals surface area contributed by atoms with Crippen LogP contribution in [0.3, 0.4) is 0 Å². The molecule has 3 aromatic rings. The predicted molar refractivity (Wildman–Crippen MR) is 82.2 cm³/mol. The number of hydrogen-bond donors (Lipinski definition) is 0. The van der Waals surface area contributed by atoms with Gasteiger partial charge < -0.3 is 0 Å². The molecule has 0 saturated heterocycles. The standard InChI is InChI=1S/C18H16O3/c1-13-7-5-11-17(14(13)2)19-21-20-18-12-6-9-15-8-3-4-10-16(15)18/h3-12H,1-2H3. The van der Waals surface area contributed by atoms with Crippen LogP contribution < -0.4 is 9.78 Å². The third kappa shape index (κ3) is 2.83. The summed E-state index contributed by atoms with van der Waals surface area (Å²) >= 11 is 0. The molecule has 3 aromatic carbocycles. The molecular weight excluding hydrogens is 264 g/mol. The van der Waals surface area contributed by atoms with Gasteiger partial charge in [0, 0.05) is 10.4 Å². The summed E-state index contributed by atoms with van der Waals surface area (Å²) in [5.74, 6) is 1.27. The minimum absolute atomic E-state index is 0.624. The van der Waals surface area contributed by atoms with Gasteiger partial charge in [-0.1, -0.05) is 48.5 Å². The smallest absolute Gasteiger partial charge is 0.177 e. The first kappa shape index (κ1) is 13.5. The van der Waals surface area contributed by atoms with Crippen molar-refractivity contribution < 1.29 is 14.8 Å². The van der Waals surface area contributed by atoms with Crippen LogP contribution in [0.1, 0.15) is 11.1 Å². The third-order valence-electron chi connectivity index (χ3n) is 3.55. The lowest BCUT2D eigenvalue weighted by Gasteiger charge is -2.09. The molecule has 3 heteroatoms. The van der Waals surface area contributed by atoms with E-state index in [9.17, 15) is 0 Å². The highest BCUT2D eigenvalue weighted by atomic mass is 17.5. The van der Waals surface area contributed by atoms with Gasteiger partial charge in [0.2, 0.25) is 0 Å². The number of fused-ring (bicyclic) bond motifs is 1. The van der Waals surface area contributed by atoms with E-state index in [1.54, 1.807) is 0 Å². The third-order valence-corrected chi connectivity index (χ3v) is 3.55. The summed E-state index contributed by atoms with van der Waals surface area (Å²) in [6.07, 6.45) is 0. The molecule has 0 bridgehead atoms. The van der Waals surface area contributed by atoms with E-state index in [2.05, 4.69) is 0 Å². The van der Waals surface area contributed by atoms with Crippen molar-refractivity contribution in [3.05, 3.63) is 71.8 Å². The summed E-state index contributed by atoms with van der Waals surface area (Å²) in [5, 5.41) is 7.01. The van der Waals surface area contributed by atoms with Gasteiger partial charge in [0.25, 0.3) is 0 Å². The highest BCUT2D eigenvalue weighted by Gasteiger charge is 2.06. The van der Waals surface area contributed by atoms with E-state index < -0.39 is 0 Å². The Morgan fingerprint density at radius 1 is 0.667 bits per heavy atom. The number of hydrogen-bond acceptors (Lipinski definition) is 3. The van der Waals surface area contributed by atoms with Gasteiger partial charge >= 0.3 is 0 Å². The highest BCUT2D eigenvalue weighted by molar-refractivity contribution is 5.88. The second-order valence-corrected chi connectivity index (χ2v) is 4.91. The average molecular weight is 280 g/mol. The maximum absolute atomic E-state index is 5.30. The Labute approximate surface area is 123 Å². The monoisotopic (exact) mass is 280 g/mol. The summed E-state index contributed by atoms with van der Waals surface area (Å²) in [4.78, 5) is 10.5. The average Bonchev–Trinajstić information content (AvgIpc) is 2.52. The Morgan fingerprint density at radius 3 is 2.24 bits per heavy atom. The fourth-order valence-corrected chi connectivity index (χ4v) is 2.17. The molecule has 0 heterocycles. The molecule has 0 atom stereocenters. The molecule has 0 saturated carbocycles. The van der Waals surface area contributed by atoms with Crippen LogP contribution in [0.2, 0.25) is 0 Å². The van der Waals surface area contributed by atoms with Gasteiger partial charge in [-0.25, -0.2) is 0 Å². The number of aryl methyl sites for hydroxylation is 1. The second kappa shape index (κ2) is 5.85. The minimum atomic E-state index is 0.624. The first-order chi connectivity index (χ1) is 10.3. The largest absolute Gasteiger partial charge is 0.299 e. The van der Waals surface area contributed by atoms with Crippen LogP contribution in [0, 0.1) is 13.8 Å². The van der Waals surface area contributed by atoms with E-state index >= 15 is 0 Å². The van der Waals surface area contributed by atoms with Crippen molar-refractivity contribution in [1.82, 2.24) is 0 Å². The van der Waals surface area contributed by atoms with E-state index in [4.69, 9.17) is 14.8 Å². The molecular formula is C18H16O3. The van der Waals surface area contributed by atoms with E-state index in [0.29, 0.717) is 11.5 Å². The van der Waals surface area contributed by atoms with E-state index in [1.165, 1.54) is 0 Å². The van der Waals surface area contributed by atoms with Gasteiger partial charge in [-0.15, -0.1) is 0 Å². The summed E-state index contributed by atoms with van der Waals surface area (Å²) in [6, 6.07) is 19.5. The topological polar surface area (TPSA) is 27.7 Å². The molecule has 0 aromatic heterocycles. The SMILES string of the molecule is Cc1cccc(OOOc2cccc3ccccc23)c1C. The quantitative estimate of drug-likeness (QED) is 0.509. The lowest BCUT2D eigenvalue weighted by atomic mass is 10.1. The zero-order chi connectivity index (χ0) is 14.7. The molecule has 106 valence electrons. The van der Waals surface area contributed by atoms with Crippen molar-refractivity contribution >= 4 is 10.8 Å². The molecule has 0 fully saturated rings. The van der Waals surface area contributed by atoms with Crippen molar-refractivity contribution in [2.45, 2.75) is 13.8 Å². The van der Waals surface area contributed by atoms with Gasteiger partial charge in [0.1, 0.15) is 0 Å². The van der Waals surface area contributed by atoms with E-state index in [0.717, 1.165) is 21.9 Å². The number of benzene rings is 3. The first-order valence-corrected chi connectivity index (χ1v) is 6.81. The van der Waals surface area contributed by atoms with Crippen LogP contribution in [0.25, 0.3) is 10.8 Å². The Kier molecular flexibility index (Phi) is 3.75. The fourth-order valence-electron chi connectivity index (χ4n) is 2.17. The predicted octanol–water partition coefficient (Wildman–Crippen LogP) is 4.76. The molecule has 3 nitrogen and oxygen atoms in total. The Bertz CT molecular complexity index is 760. The maximum Gasteiger partial charge on any atom is 0.177 e. The lowest BCUT2D eigenvalue weighted by Crippen LogP contribution is -2.03. The van der Waals surface area contributed by atoms with Crippen LogP contribution >= 0.6 is 0 Å². The Balaban J connectivity index is 1.74. The summed E-state index contributed by atoms with van der Waals surface area (Å²) < 4.78 is 0. The fraction of sp³-hybridized carbons (Fsp3) is 0.111. The summed E-state index contributed by atoms with van der Waals surface area (Å²) in [6.45, 7) is 4.00. The lowest BCUT2D eigenvalue weighted by molar-refractivity contribution is -0.410. The van der Waals surface area contributed by atoms with E-state index in [1.807, 2.05) is 74.5 Å². The Hall–Kier alpha value is -2.52. The molecule has 3 rings (SSSR count). The molecule has 0 radical (unpaired) electrons.